The predicted octanol–water partition coefficient (Wildman–Crippen LogP) is 0.485. The van der Waals surface area contributed by atoms with Crippen molar-refractivity contribution in [2.75, 3.05) is 39.3 Å². The topological polar surface area (TPSA) is 81.8 Å². The van der Waals surface area contributed by atoms with Gasteiger partial charge in [0.1, 0.15) is 0 Å². The fraction of sp³-hybridized carbons (Fsp3) is 0.450. The van der Waals surface area contributed by atoms with E-state index >= 15 is 0 Å². The van der Waals surface area contributed by atoms with Gasteiger partial charge in [-0.2, -0.15) is 0 Å². The van der Waals surface area contributed by atoms with E-state index in [0.29, 0.717) is 32.7 Å². The Morgan fingerprint density at radius 3 is 2.37 bits per heavy atom. The minimum absolute atomic E-state index is 0.00208. The van der Waals surface area contributed by atoms with Crippen LogP contribution in [0.15, 0.2) is 36.4 Å². The van der Waals surface area contributed by atoms with Crippen molar-refractivity contribution >= 4 is 23.8 Å². The minimum Gasteiger partial charge on any atom is -0.353 e. The molecule has 0 saturated carbocycles. The number of benzene rings is 1. The number of hydrogen-bond acceptors (Lipinski definition) is 4. The second kappa shape index (κ2) is 10.5. The molecule has 1 aliphatic heterocycles. The number of amides is 3. The molecule has 7 nitrogen and oxygen atoms in total. The molecular formula is C20H28N4O3. The van der Waals surface area contributed by atoms with E-state index in [1.807, 2.05) is 49.1 Å². The Hall–Kier alpha value is -2.67. The Balaban J connectivity index is 1.67. The molecule has 2 N–H and O–H groups in total. The van der Waals surface area contributed by atoms with Crippen LogP contribution in [0.4, 0.5) is 0 Å². The first-order chi connectivity index (χ1) is 12.9. The summed E-state index contributed by atoms with van der Waals surface area (Å²) in [5, 5.41) is 5.49. The van der Waals surface area contributed by atoms with Crippen molar-refractivity contribution in [1.82, 2.24) is 20.4 Å². The average molecular weight is 372 g/mol. The molecule has 3 amide bonds. The van der Waals surface area contributed by atoms with Crippen LogP contribution in [-0.2, 0) is 14.4 Å². The molecule has 0 aromatic heterocycles. The van der Waals surface area contributed by atoms with Crippen LogP contribution in [0.25, 0.3) is 6.08 Å². The quantitative estimate of drug-likeness (QED) is 0.683. The molecule has 0 unspecified atom stereocenters. The number of piperazine rings is 1. The van der Waals surface area contributed by atoms with E-state index in [-0.39, 0.29) is 30.3 Å². The number of carbonyl (C=O) groups is 3. The Morgan fingerprint density at radius 1 is 1.07 bits per heavy atom. The summed E-state index contributed by atoms with van der Waals surface area (Å²) >= 11 is 0. The number of carbonyl (C=O) groups excluding carboxylic acids is 3. The van der Waals surface area contributed by atoms with E-state index < -0.39 is 0 Å². The molecule has 7 heteroatoms. The van der Waals surface area contributed by atoms with E-state index in [1.54, 1.807) is 11.0 Å². The fourth-order valence-electron chi connectivity index (χ4n) is 2.80. The fourth-order valence-corrected chi connectivity index (χ4v) is 2.80. The highest BCUT2D eigenvalue weighted by atomic mass is 16.2. The zero-order chi connectivity index (χ0) is 19.6. The van der Waals surface area contributed by atoms with E-state index in [2.05, 4.69) is 10.6 Å². The van der Waals surface area contributed by atoms with Crippen molar-refractivity contribution in [3.63, 3.8) is 0 Å². The van der Waals surface area contributed by atoms with Crippen LogP contribution in [0.5, 0.6) is 0 Å². The third-order valence-electron chi connectivity index (χ3n) is 4.18. The monoisotopic (exact) mass is 372 g/mol. The maximum absolute atomic E-state index is 12.2. The molecule has 1 fully saturated rings. The summed E-state index contributed by atoms with van der Waals surface area (Å²) < 4.78 is 0. The SMILES string of the molecule is CC(C)NC(=O)CN1CCN(C(=O)CNC(=O)/C=C/c2ccccc2)CC1. The number of hydrogen-bond donors (Lipinski definition) is 2. The van der Waals surface area contributed by atoms with Gasteiger partial charge in [-0.1, -0.05) is 30.3 Å². The Kier molecular flexibility index (Phi) is 8.00. The smallest absolute Gasteiger partial charge is 0.244 e. The molecule has 0 spiro atoms. The van der Waals surface area contributed by atoms with Crippen molar-refractivity contribution in [1.29, 1.82) is 0 Å². The van der Waals surface area contributed by atoms with Crippen LogP contribution in [0, 0.1) is 0 Å². The van der Waals surface area contributed by atoms with E-state index in [9.17, 15) is 14.4 Å². The second-order valence-electron chi connectivity index (χ2n) is 6.84. The van der Waals surface area contributed by atoms with Crippen LogP contribution in [-0.4, -0.2) is 72.8 Å². The molecule has 1 aromatic carbocycles. The summed E-state index contributed by atoms with van der Waals surface area (Å²) in [6.07, 6.45) is 3.13. The maximum atomic E-state index is 12.2. The largest absolute Gasteiger partial charge is 0.353 e. The lowest BCUT2D eigenvalue weighted by atomic mass is 10.2. The van der Waals surface area contributed by atoms with Gasteiger partial charge in [-0.25, -0.2) is 0 Å². The standard InChI is InChI=1S/C20H28N4O3/c1-16(2)22-19(26)15-23-10-12-24(13-11-23)20(27)14-21-18(25)9-8-17-6-4-3-5-7-17/h3-9,16H,10-15H2,1-2H3,(H,21,25)(H,22,26)/b9-8+. The van der Waals surface area contributed by atoms with E-state index in [4.69, 9.17) is 0 Å². The lowest BCUT2D eigenvalue weighted by molar-refractivity contribution is -0.134. The number of nitrogens with one attached hydrogen (secondary N) is 2. The van der Waals surface area contributed by atoms with Crippen molar-refractivity contribution < 1.29 is 14.4 Å². The molecule has 1 heterocycles. The highest BCUT2D eigenvalue weighted by Gasteiger charge is 2.22. The molecule has 0 bridgehead atoms. The summed E-state index contributed by atoms with van der Waals surface area (Å²) in [7, 11) is 0. The van der Waals surface area contributed by atoms with Crippen molar-refractivity contribution in [3.8, 4) is 0 Å². The van der Waals surface area contributed by atoms with Gasteiger partial charge >= 0.3 is 0 Å². The van der Waals surface area contributed by atoms with E-state index in [0.717, 1.165) is 5.56 Å². The van der Waals surface area contributed by atoms with Crippen molar-refractivity contribution in [2.45, 2.75) is 19.9 Å². The van der Waals surface area contributed by atoms with Crippen LogP contribution in [0.2, 0.25) is 0 Å². The van der Waals surface area contributed by atoms with Gasteiger partial charge < -0.3 is 15.5 Å². The van der Waals surface area contributed by atoms with Crippen molar-refractivity contribution in [2.24, 2.45) is 0 Å². The molecule has 27 heavy (non-hydrogen) atoms. The van der Waals surface area contributed by atoms with Gasteiger partial charge in [0, 0.05) is 38.3 Å². The van der Waals surface area contributed by atoms with Gasteiger partial charge in [0.2, 0.25) is 17.7 Å². The van der Waals surface area contributed by atoms with Gasteiger partial charge in [-0.05, 0) is 25.5 Å². The normalized spacial score (nSPS) is 15.1. The average Bonchev–Trinajstić information content (AvgIpc) is 2.65. The summed E-state index contributed by atoms with van der Waals surface area (Å²) in [4.78, 5) is 39.6. The number of rotatable bonds is 7. The van der Waals surface area contributed by atoms with Gasteiger partial charge in [-0.3, -0.25) is 19.3 Å². The van der Waals surface area contributed by atoms with Gasteiger partial charge in [0.15, 0.2) is 0 Å². The molecule has 146 valence electrons. The molecule has 1 aliphatic rings. The molecular weight excluding hydrogens is 344 g/mol. The Bertz CT molecular complexity index is 665. The third kappa shape index (κ3) is 7.62. The molecule has 1 aromatic rings. The Morgan fingerprint density at radius 2 is 1.74 bits per heavy atom. The van der Waals surface area contributed by atoms with Crippen molar-refractivity contribution in [3.05, 3.63) is 42.0 Å². The summed E-state index contributed by atoms with van der Waals surface area (Å²) in [5.74, 6) is -0.402. The zero-order valence-electron chi connectivity index (χ0n) is 16.0. The van der Waals surface area contributed by atoms with Crippen LogP contribution < -0.4 is 10.6 Å². The van der Waals surface area contributed by atoms with Gasteiger partial charge in [-0.15, -0.1) is 0 Å². The number of nitrogens with zero attached hydrogens (tertiary/aromatic N) is 2. The molecule has 1 saturated heterocycles. The molecule has 2 rings (SSSR count). The lowest BCUT2D eigenvalue weighted by Gasteiger charge is -2.34. The van der Waals surface area contributed by atoms with Gasteiger partial charge in [0.25, 0.3) is 0 Å². The van der Waals surface area contributed by atoms with Crippen LogP contribution in [0.3, 0.4) is 0 Å². The summed E-state index contributed by atoms with van der Waals surface area (Å²) in [5.41, 5.74) is 0.927. The van der Waals surface area contributed by atoms with Crippen LogP contribution >= 0.6 is 0 Å². The van der Waals surface area contributed by atoms with E-state index in [1.165, 1.54) is 6.08 Å². The summed E-state index contributed by atoms with van der Waals surface area (Å²) in [6, 6.07) is 9.62. The highest BCUT2D eigenvalue weighted by molar-refractivity contribution is 5.94. The minimum atomic E-state index is -0.295. The highest BCUT2D eigenvalue weighted by Crippen LogP contribution is 2.02. The molecule has 0 aliphatic carbocycles. The van der Waals surface area contributed by atoms with Crippen LogP contribution in [0.1, 0.15) is 19.4 Å². The second-order valence-corrected chi connectivity index (χ2v) is 6.84. The maximum Gasteiger partial charge on any atom is 0.244 e. The predicted molar refractivity (Wildman–Crippen MR) is 105 cm³/mol. The summed E-state index contributed by atoms with van der Waals surface area (Å²) in [6.45, 7) is 6.61. The molecule has 0 atom stereocenters. The Labute approximate surface area is 160 Å². The first-order valence-corrected chi connectivity index (χ1v) is 9.24. The molecule has 0 radical (unpaired) electrons. The third-order valence-corrected chi connectivity index (χ3v) is 4.18. The first kappa shape index (κ1) is 20.6. The lowest BCUT2D eigenvalue weighted by Crippen LogP contribution is -2.53. The zero-order valence-corrected chi connectivity index (χ0v) is 16.0. The van der Waals surface area contributed by atoms with Gasteiger partial charge in [0.05, 0.1) is 13.1 Å². The first-order valence-electron chi connectivity index (χ1n) is 9.24.